The molecular weight excluding hydrogens is 288 g/mol. The summed E-state index contributed by atoms with van der Waals surface area (Å²) < 4.78 is 18.3. The van der Waals surface area contributed by atoms with Crippen LogP contribution in [0.2, 0.25) is 0 Å². The highest BCUT2D eigenvalue weighted by atomic mass is 16.6. The van der Waals surface area contributed by atoms with Crippen LogP contribution >= 0.6 is 0 Å². The third kappa shape index (κ3) is 4.93. The maximum atomic E-state index is 7.17. The van der Waals surface area contributed by atoms with Gasteiger partial charge in [0.05, 0.1) is 36.6 Å². The fourth-order valence-corrected chi connectivity index (χ4v) is 4.07. The molecule has 2 heterocycles. The van der Waals surface area contributed by atoms with Gasteiger partial charge in [0.1, 0.15) is 0 Å². The molecule has 136 valence electrons. The molecule has 23 heavy (non-hydrogen) atoms. The summed E-state index contributed by atoms with van der Waals surface area (Å²) in [5, 5.41) is 0. The first kappa shape index (κ1) is 19.2. The first-order valence-electron chi connectivity index (χ1n) is 9.81. The summed E-state index contributed by atoms with van der Waals surface area (Å²) in [7, 11) is 0. The molecule has 0 saturated carbocycles. The molecule has 0 bridgehead atoms. The van der Waals surface area contributed by atoms with E-state index in [1.165, 1.54) is 0 Å². The quantitative estimate of drug-likeness (QED) is 0.475. The summed E-state index contributed by atoms with van der Waals surface area (Å²) in [5.74, 6) is 1.00. The van der Waals surface area contributed by atoms with Crippen molar-refractivity contribution in [1.29, 1.82) is 0 Å². The van der Waals surface area contributed by atoms with E-state index in [2.05, 4.69) is 41.5 Å². The summed E-state index contributed by atoms with van der Waals surface area (Å²) in [6, 6.07) is 0. The van der Waals surface area contributed by atoms with E-state index in [0.29, 0.717) is 24.0 Å². The predicted molar refractivity (Wildman–Crippen MR) is 94.8 cm³/mol. The maximum Gasteiger partial charge on any atom is 0.0837 e. The molecule has 2 rings (SSSR count). The molecule has 0 radical (unpaired) electrons. The van der Waals surface area contributed by atoms with Crippen LogP contribution in [0.15, 0.2) is 0 Å². The molecule has 3 heteroatoms. The summed E-state index contributed by atoms with van der Waals surface area (Å²) in [6.45, 7) is 15.7. The van der Waals surface area contributed by atoms with E-state index in [4.69, 9.17) is 14.2 Å². The number of hydrogen-bond acceptors (Lipinski definition) is 3. The van der Waals surface area contributed by atoms with E-state index in [0.717, 1.165) is 51.7 Å². The van der Waals surface area contributed by atoms with Crippen molar-refractivity contribution < 1.29 is 14.2 Å². The molecule has 2 aliphatic heterocycles. The topological polar surface area (TPSA) is 34.3 Å². The van der Waals surface area contributed by atoms with Crippen molar-refractivity contribution in [2.75, 3.05) is 13.2 Å². The van der Waals surface area contributed by atoms with Gasteiger partial charge >= 0.3 is 0 Å². The Morgan fingerprint density at radius 1 is 0.826 bits per heavy atom. The molecule has 0 aromatic rings. The Morgan fingerprint density at radius 3 is 1.39 bits per heavy atom. The van der Waals surface area contributed by atoms with Crippen LogP contribution in [0.4, 0.5) is 0 Å². The fraction of sp³-hybridized carbons (Fsp3) is 1.00. The normalized spacial score (nSPS) is 28.7. The molecule has 2 fully saturated rings. The third-order valence-corrected chi connectivity index (χ3v) is 5.81. The van der Waals surface area contributed by atoms with Crippen LogP contribution in [0.1, 0.15) is 80.1 Å². The van der Waals surface area contributed by atoms with Gasteiger partial charge in [0.2, 0.25) is 0 Å². The molecule has 3 nitrogen and oxygen atoms in total. The highest BCUT2D eigenvalue weighted by molar-refractivity contribution is 4.98. The van der Waals surface area contributed by atoms with Gasteiger partial charge in [-0.3, -0.25) is 0 Å². The van der Waals surface area contributed by atoms with Crippen LogP contribution < -0.4 is 0 Å². The lowest BCUT2D eigenvalue weighted by Crippen LogP contribution is -2.52. The summed E-state index contributed by atoms with van der Waals surface area (Å²) >= 11 is 0. The predicted octanol–water partition coefficient (Wildman–Crippen LogP) is 4.97. The molecule has 2 saturated heterocycles. The molecular formula is C20H38O3. The van der Waals surface area contributed by atoms with E-state index in [1.54, 1.807) is 0 Å². The summed E-state index contributed by atoms with van der Waals surface area (Å²) in [5.41, 5.74) is -0.130. The number of hydrogen-bond donors (Lipinski definition) is 0. The fourth-order valence-electron chi connectivity index (χ4n) is 4.07. The number of ether oxygens (including phenoxy) is 3. The van der Waals surface area contributed by atoms with Crippen molar-refractivity contribution in [2.24, 2.45) is 11.8 Å². The molecule has 0 amide bonds. The minimum absolute atomic E-state index is 0.0652. The Labute approximate surface area is 143 Å². The lowest BCUT2D eigenvalue weighted by molar-refractivity contribution is -0.212. The largest absolute Gasteiger partial charge is 0.373 e. The average Bonchev–Trinajstić information content (AvgIpc) is 3.35. The average molecular weight is 327 g/mol. The smallest absolute Gasteiger partial charge is 0.0837 e. The summed E-state index contributed by atoms with van der Waals surface area (Å²) in [6.07, 6.45) is 7.46. The Balaban J connectivity index is 2.25. The SMILES string of the molecule is CCCC(CC1CO1)(OC(CCC)(CC1CO1)C(C)C)C(C)C. The van der Waals surface area contributed by atoms with Crippen molar-refractivity contribution in [3.8, 4) is 0 Å². The Morgan fingerprint density at radius 2 is 1.17 bits per heavy atom. The molecule has 0 spiro atoms. The molecule has 4 unspecified atom stereocenters. The van der Waals surface area contributed by atoms with Crippen LogP contribution in [-0.4, -0.2) is 36.6 Å². The van der Waals surface area contributed by atoms with Gasteiger partial charge in [-0.15, -0.1) is 0 Å². The van der Waals surface area contributed by atoms with Crippen LogP contribution in [0.25, 0.3) is 0 Å². The third-order valence-electron chi connectivity index (χ3n) is 5.81. The van der Waals surface area contributed by atoms with Gasteiger partial charge in [0.25, 0.3) is 0 Å². The standard InChI is InChI=1S/C20H38O3/c1-7-9-19(15(3)4,11-17-13-21-17)23-20(10-8-2,16(5)6)12-18-14-22-18/h15-18H,7-14H2,1-6H3. The lowest BCUT2D eigenvalue weighted by atomic mass is 9.77. The van der Waals surface area contributed by atoms with Gasteiger partial charge < -0.3 is 14.2 Å². The zero-order valence-corrected chi connectivity index (χ0v) is 16.2. The second-order valence-electron chi connectivity index (χ2n) is 8.36. The monoisotopic (exact) mass is 326 g/mol. The second kappa shape index (κ2) is 7.84. The van der Waals surface area contributed by atoms with Crippen LogP contribution in [-0.2, 0) is 14.2 Å². The van der Waals surface area contributed by atoms with Crippen LogP contribution in [0.3, 0.4) is 0 Å². The van der Waals surface area contributed by atoms with Gasteiger partial charge in [-0.25, -0.2) is 0 Å². The van der Waals surface area contributed by atoms with Crippen molar-refractivity contribution in [1.82, 2.24) is 0 Å². The number of rotatable bonds is 12. The van der Waals surface area contributed by atoms with Gasteiger partial charge in [-0.05, 0) is 24.7 Å². The second-order valence-corrected chi connectivity index (χ2v) is 8.36. The van der Waals surface area contributed by atoms with E-state index in [-0.39, 0.29) is 11.2 Å². The van der Waals surface area contributed by atoms with Crippen molar-refractivity contribution in [3.63, 3.8) is 0 Å². The van der Waals surface area contributed by atoms with E-state index in [9.17, 15) is 0 Å². The maximum absolute atomic E-state index is 7.17. The Hall–Kier alpha value is -0.120. The van der Waals surface area contributed by atoms with E-state index in [1.807, 2.05) is 0 Å². The Kier molecular flexibility index (Phi) is 6.55. The minimum atomic E-state index is -0.0652. The molecule has 0 N–H and O–H groups in total. The molecule has 2 aliphatic rings. The summed E-state index contributed by atoms with van der Waals surface area (Å²) in [4.78, 5) is 0. The van der Waals surface area contributed by atoms with Crippen molar-refractivity contribution in [3.05, 3.63) is 0 Å². The number of epoxide rings is 2. The van der Waals surface area contributed by atoms with Crippen molar-refractivity contribution in [2.45, 2.75) is 103 Å². The highest BCUT2D eigenvalue weighted by Gasteiger charge is 2.49. The zero-order chi connectivity index (χ0) is 17.1. The molecule has 0 aromatic heterocycles. The van der Waals surface area contributed by atoms with Gasteiger partial charge in [-0.1, -0.05) is 54.4 Å². The zero-order valence-electron chi connectivity index (χ0n) is 16.2. The lowest BCUT2D eigenvalue weighted by Gasteiger charge is -2.49. The minimum Gasteiger partial charge on any atom is -0.373 e. The highest BCUT2D eigenvalue weighted by Crippen LogP contribution is 2.45. The first-order valence-corrected chi connectivity index (χ1v) is 9.81. The molecule has 0 aromatic carbocycles. The van der Waals surface area contributed by atoms with Crippen molar-refractivity contribution >= 4 is 0 Å². The van der Waals surface area contributed by atoms with Gasteiger partial charge in [0.15, 0.2) is 0 Å². The molecule has 0 aliphatic carbocycles. The van der Waals surface area contributed by atoms with Gasteiger partial charge in [0, 0.05) is 12.8 Å². The van der Waals surface area contributed by atoms with E-state index >= 15 is 0 Å². The Bertz CT molecular complexity index is 326. The molecule has 4 atom stereocenters. The van der Waals surface area contributed by atoms with Crippen LogP contribution in [0, 0.1) is 11.8 Å². The van der Waals surface area contributed by atoms with Crippen LogP contribution in [0.5, 0.6) is 0 Å². The first-order chi connectivity index (χ1) is 10.9. The van der Waals surface area contributed by atoms with E-state index < -0.39 is 0 Å². The van der Waals surface area contributed by atoms with Gasteiger partial charge in [-0.2, -0.15) is 0 Å².